The fourth-order valence-electron chi connectivity index (χ4n) is 1.30. The molecule has 0 saturated carbocycles. The van der Waals surface area contributed by atoms with Gasteiger partial charge in [0.25, 0.3) is 0 Å². The molecule has 0 aromatic heterocycles. The Bertz CT molecular complexity index is 374. The maximum atomic E-state index is 9.10. The molecule has 1 N–H and O–H groups in total. The maximum Gasteiger partial charge on any atom is 0.0766 e. The normalized spacial score (nSPS) is 11.1. The van der Waals surface area contributed by atoms with Crippen molar-refractivity contribution in [2.45, 2.75) is 32.8 Å². The number of nitrogens with zero attached hydrogens (tertiary/aromatic N) is 1. The summed E-state index contributed by atoms with van der Waals surface area (Å²) in [5.74, 6) is 0. The minimum atomic E-state index is -0.488. The van der Waals surface area contributed by atoms with E-state index in [-0.39, 0.29) is 6.61 Å². The van der Waals surface area contributed by atoms with Gasteiger partial charge >= 0.3 is 0 Å². The van der Waals surface area contributed by atoms with Crippen molar-refractivity contribution in [3.8, 4) is 6.07 Å². The fraction of sp³-hybridized carbons (Fsp3) is 0.417. The minimum absolute atomic E-state index is 0.0290. The predicted molar refractivity (Wildman–Crippen MR) is 55.7 cm³/mol. The Hall–Kier alpha value is -1.33. The molecule has 0 radical (unpaired) electrons. The number of nitriles is 1. The second-order valence-electron chi connectivity index (χ2n) is 4.04. The van der Waals surface area contributed by atoms with Crippen LogP contribution in [0.3, 0.4) is 0 Å². The van der Waals surface area contributed by atoms with Gasteiger partial charge in [-0.25, -0.2) is 0 Å². The second-order valence-corrected chi connectivity index (χ2v) is 4.04. The first-order valence-electron chi connectivity index (χ1n) is 4.63. The molecule has 2 nitrogen and oxygen atoms in total. The molecule has 0 aliphatic carbocycles. The van der Waals surface area contributed by atoms with Crippen LogP contribution in [-0.2, 0) is 12.0 Å². The highest BCUT2D eigenvalue weighted by atomic mass is 16.3. The Labute approximate surface area is 84.8 Å². The molecular formula is C12H15NO. The lowest BCUT2D eigenvalue weighted by atomic mass is 9.85. The quantitative estimate of drug-likeness (QED) is 0.775. The van der Waals surface area contributed by atoms with Crippen molar-refractivity contribution in [2.75, 3.05) is 0 Å². The molecule has 0 saturated heterocycles. The molecule has 0 aliphatic heterocycles. The highest BCUT2D eigenvalue weighted by Gasteiger charge is 2.19. The summed E-state index contributed by atoms with van der Waals surface area (Å²) >= 11 is 0. The Kier molecular flexibility index (Phi) is 2.93. The molecule has 0 fully saturated rings. The Morgan fingerprint density at radius 1 is 1.43 bits per heavy atom. The van der Waals surface area contributed by atoms with Crippen molar-refractivity contribution in [1.82, 2.24) is 0 Å². The Morgan fingerprint density at radius 3 is 2.57 bits per heavy atom. The predicted octanol–water partition coefficient (Wildman–Crippen LogP) is 2.29. The molecule has 1 aromatic rings. The molecule has 14 heavy (non-hydrogen) atoms. The average molecular weight is 189 g/mol. The smallest absolute Gasteiger partial charge is 0.0766 e. The van der Waals surface area contributed by atoms with Gasteiger partial charge in [0.2, 0.25) is 0 Å². The first kappa shape index (κ1) is 10.7. The monoisotopic (exact) mass is 189 g/mol. The molecule has 0 aliphatic rings. The Morgan fingerprint density at radius 2 is 2.07 bits per heavy atom. The van der Waals surface area contributed by atoms with Gasteiger partial charge in [-0.1, -0.05) is 18.2 Å². The van der Waals surface area contributed by atoms with Crippen molar-refractivity contribution in [3.05, 3.63) is 34.9 Å². The summed E-state index contributed by atoms with van der Waals surface area (Å²) in [6, 6.07) is 8.03. The molecule has 74 valence electrons. The number of aryl methyl sites for hydroxylation is 1. The van der Waals surface area contributed by atoms with E-state index in [2.05, 4.69) is 6.07 Å². The van der Waals surface area contributed by atoms with Gasteiger partial charge in [-0.3, -0.25) is 0 Å². The number of aliphatic hydroxyl groups excluding tert-OH is 1. The summed E-state index contributed by atoms with van der Waals surface area (Å²) in [6.07, 6.45) is 0. The van der Waals surface area contributed by atoms with Crippen LogP contribution in [0.2, 0.25) is 0 Å². The summed E-state index contributed by atoms with van der Waals surface area (Å²) in [4.78, 5) is 0. The van der Waals surface area contributed by atoms with Crippen LogP contribution < -0.4 is 0 Å². The van der Waals surface area contributed by atoms with Gasteiger partial charge in [0.05, 0.1) is 18.1 Å². The van der Waals surface area contributed by atoms with E-state index in [1.807, 2.05) is 39.0 Å². The number of hydrogen-bond donors (Lipinski definition) is 1. The number of rotatable bonds is 2. The zero-order chi connectivity index (χ0) is 10.8. The summed E-state index contributed by atoms with van der Waals surface area (Å²) in [5.41, 5.74) is 2.42. The Balaban J connectivity index is 3.21. The van der Waals surface area contributed by atoms with E-state index in [0.717, 1.165) is 16.7 Å². The van der Waals surface area contributed by atoms with Crippen molar-refractivity contribution in [3.63, 3.8) is 0 Å². The van der Waals surface area contributed by atoms with E-state index in [9.17, 15) is 0 Å². The molecular weight excluding hydrogens is 174 g/mol. The highest BCUT2D eigenvalue weighted by molar-refractivity contribution is 5.37. The summed E-state index contributed by atoms with van der Waals surface area (Å²) in [5, 5.41) is 18.1. The lowest BCUT2D eigenvalue weighted by Gasteiger charge is -2.17. The van der Waals surface area contributed by atoms with Gasteiger partial charge < -0.3 is 5.11 Å². The van der Waals surface area contributed by atoms with Crippen LogP contribution >= 0.6 is 0 Å². The van der Waals surface area contributed by atoms with Crippen LogP contribution in [-0.4, -0.2) is 5.11 Å². The van der Waals surface area contributed by atoms with Crippen molar-refractivity contribution in [1.29, 1.82) is 5.26 Å². The van der Waals surface area contributed by atoms with Crippen LogP contribution in [0.25, 0.3) is 0 Å². The first-order valence-corrected chi connectivity index (χ1v) is 4.63. The molecule has 0 spiro atoms. The van der Waals surface area contributed by atoms with Crippen LogP contribution in [0.1, 0.15) is 30.5 Å². The summed E-state index contributed by atoms with van der Waals surface area (Å²) in [7, 11) is 0. The van der Waals surface area contributed by atoms with Crippen LogP contribution in [0.5, 0.6) is 0 Å². The van der Waals surface area contributed by atoms with Crippen molar-refractivity contribution >= 4 is 0 Å². The summed E-state index contributed by atoms with van der Waals surface area (Å²) in [6.45, 7) is 5.73. The molecule has 2 heteroatoms. The molecule has 0 amide bonds. The zero-order valence-electron chi connectivity index (χ0n) is 8.83. The third-order valence-electron chi connectivity index (χ3n) is 2.52. The molecule has 1 aromatic carbocycles. The van der Waals surface area contributed by atoms with Crippen molar-refractivity contribution in [2.24, 2.45) is 0 Å². The van der Waals surface area contributed by atoms with Gasteiger partial charge in [-0.2, -0.15) is 5.26 Å². The fourth-order valence-corrected chi connectivity index (χ4v) is 1.30. The van der Waals surface area contributed by atoms with Gasteiger partial charge in [0.1, 0.15) is 0 Å². The van der Waals surface area contributed by atoms with E-state index in [1.54, 1.807) is 0 Å². The van der Waals surface area contributed by atoms with E-state index in [1.165, 1.54) is 0 Å². The second kappa shape index (κ2) is 3.81. The van der Waals surface area contributed by atoms with E-state index < -0.39 is 5.41 Å². The van der Waals surface area contributed by atoms with Gasteiger partial charge in [0, 0.05) is 0 Å². The van der Waals surface area contributed by atoms with Crippen molar-refractivity contribution < 1.29 is 5.11 Å². The average Bonchev–Trinajstić information content (AvgIpc) is 2.18. The summed E-state index contributed by atoms with van der Waals surface area (Å²) < 4.78 is 0. The molecule has 0 bridgehead atoms. The zero-order valence-corrected chi connectivity index (χ0v) is 8.83. The molecule has 0 atom stereocenters. The van der Waals surface area contributed by atoms with Crippen LogP contribution in [0.15, 0.2) is 18.2 Å². The topological polar surface area (TPSA) is 44.0 Å². The largest absolute Gasteiger partial charge is 0.392 e. The highest BCUT2D eigenvalue weighted by Crippen LogP contribution is 2.24. The van der Waals surface area contributed by atoms with E-state index in [0.29, 0.717) is 0 Å². The lowest BCUT2D eigenvalue weighted by Crippen LogP contribution is -2.14. The number of hydrogen-bond acceptors (Lipinski definition) is 2. The maximum absolute atomic E-state index is 9.10. The lowest BCUT2D eigenvalue weighted by molar-refractivity contribution is 0.281. The molecule has 0 unspecified atom stereocenters. The van der Waals surface area contributed by atoms with Crippen LogP contribution in [0.4, 0.5) is 0 Å². The van der Waals surface area contributed by atoms with E-state index in [4.69, 9.17) is 10.4 Å². The number of benzene rings is 1. The van der Waals surface area contributed by atoms with Crippen LogP contribution in [0, 0.1) is 18.3 Å². The van der Waals surface area contributed by atoms with Gasteiger partial charge in [-0.05, 0) is 37.5 Å². The first-order chi connectivity index (χ1) is 6.51. The standard InChI is InChI=1S/C12H15NO/c1-9-4-5-11(6-10(9)7-14)12(2,3)8-13/h4-6,14H,7H2,1-3H3. The number of aliphatic hydroxyl groups is 1. The molecule has 1 rings (SSSR count). The van der Waals surface area contributed by atoms with Gasteiger partial charge in [0.15, 0.2) is 0 Å². The third-order valence-corrected chi connectivity index (χ3v) is 2.52. The van der Waals surface area contributed by atoms with E-state index >= 15 is 0 Å². The SMILES string of the molecule is Cc1ccc(C(C)(C)C#N)cc1CO. The third kappa shape index (κ3) is 1.94. The van der Waals surface area contributed by atoms with Gasteiger partial charge in [-0.15, -0.1) is 0 Å². The minimum Gasteiger partial charge on any atom is -0.392 e. The molecule has 0 heterocycles.